The number of anilines is 1. The van der Waals surface area contributed by atoms with E-state index in [2.05, 4.69) is 39.6 Å². The molecule has 1 aromatic heterocycles. The fraction of sp³-hybridized carbons (Fsp3) is 0.455. The summed E-state index contributed by atoms with van der Waals surface area (Å²) in [5.41, 5.74) is 2.32. The number of hydrogen-bond acceptors (Lipinski definition) is 4. The van der Waals surface area contributed by atoms with Gasteiger partial charge in [-0.2, -0.15) is 0 Å². The molecule has 2 heterocycles. The molecular formula is C22H30ClN5O. The summed E-state index contributed by atoms with van der Waals surface area (Å²) in [4.78, 5) is 11.3. The monoisotopic (exact) mass is 415 g/mol. The van der Waals surface area contributed by atoms with Gasteiger partial charge in [-0.25, -0.2) is 4.98 Å². The van der Waals surface area contributed by atoms with E-state index < -0.39 is 0 Å². The van der Waals surface area contributed by atoms with E-state index in [1.807, 2.05) is 30.5 Å². The van der Waals surface area contributed by atoms with E-state index in [9.17, 15) is 0 Å². The summed E-state index contributed by atoms with van der Waals surface area (Å²) in [5.74, 6) is 2.34. The second-order valence-corrected chi connectivity index (χ2v) is 7.55. The van der Waals surface area contributed by atoms with Crippen molar-refractivity contribution in [3.63, 3.8) is 0 Å². The Hall–Kier alpha value is -2.47. The van der Waals surface area contributed by atoms with Crippen molar-refractivity contribution in [1.29, 1.82) is 0 Å². The number of hydrogen-bond donors (Lipinski definition) is 2. The molecule has 1 aromatic carbocycles. The van der Waals surface area contributed by atoms with Crippen molar-refractivity contribution >= 4 is 23.2 Å². The number of nitrogens with zero attached hydrogens (tertiary/aromatic N) is 3. The van der Waals surface area contributed by atoms with E-state index in [-0.39, 0.29) is 0 Å². The molecule has 1 atom stereocenters. The van der Waals surface area contributed by atoms with E-state index in [0.717, 1.165) is 62.8 Å². The van der Waals surface area contributed by atoms with Crippen molar-refractivity contribution in [3.8, 4) is 5.75 Å². The lowest BCUT2D eigenvalue weighted by Gasteiger charge is -2.21. The van der Waals surface area contributed by atoms with Crippen LogP contribution in [-0.4, -0.2) is 50.8 Å². The van der Waals surface area contributed by atoms with Gasteiger partial charge < -0.3 is 20.3 Å². The Kier molecular flexibility index (Phi) is 7.99. The minimum absolute atomic E-state index is 0.523. The first-order valence-corrected chi connectivity index (χ1v) is 10.6. The van der Waals surface area contributed by atoms with Gasteiger partial charge in [0.05, 0.1) is 12.8 Å². The molecule has 2 N–H and O–H groups in total. The molecule has 0 amide bonds. The number of rotatable bonds is 8. The second kappa shape index (κ2) is 10.9. The summed E-state index contributed by atoms with van der Waals surface area (Å²) in [6, 6.07) is 12.0. The van der Waals surface area contributed by atoms with E-state index in [1.54, 1.807) is 7.11 Å². The van der Waals surface area contributed by atoms with Crippen LogP contribution in [0.15, 0.2) is 47.6 Å². The average molecular weight is 416 g/mol. The summed E-state index contributed by atoms with van der Waals surface area (Å²) in [5, 5.41) is 7.27. The summed E-state index contributed by atoms with van der Waals surface area (Å²) in [6.07, 6.45) is 3.83. The van der Waals surface area contributed by atoms with Crippen LogP contribution in [0.2, 0.25) is 5.15 Å². The van der Waals surface area contributed by atoms with Crippen LogP contribution in [0.4, 0.5) is 5.69 Å². The third-order valence-electron chi connectivity index (χ3n) is 5.06. The summed E-state index contributed by atoms with van der Waals surface area (Å²) < 4.78 is 5.51. The first-order valence-electron chi connectivity index (χ1n) is 10.2. The Balaban J connectivity index is 1.50. The van der Waals surface area contributed by atoms with Crippen molar-refractivity contribution in [3.05, 3.63) is 53.3 Å². The number of benzene rings is 1. The molecule has 0 radical (unpaired) electrons. The summed E-state index contributed by atoms with van der Waals surface area (Å²) in [7, 11) is 1.73. The van der Waals surface area contributed by atoms with Crippen LogP contribution in [0.25, 0.3) is 0 Å². The predicted octanol–water partition coefficient (Wildman–Crippen LogP) is 3.37. The van der Waals surface area contributed by atoms with E-state index in [4.69, 9.17) is 21.3 Å². The molecule has 7 heteroatoms. The topological polar surface area (TPSA) is 61.8 Å². The second-order valence-electron chi connectivity index (χ2n) is 7.16. The van der Waals surface area contributed by atoms with Gasteiger partial charge in [0.25, 0.3) is 0 Å². The lowest BCUT2D eigenvalue weighted by molar-refractivity contribution is 0.414. The molecule has 0 bridgehead atoms. The summed E-state index contributed by atoms with van der Waals surface area (Å²) >= 11 is 5.84. The van der Waals surface area contributed by atoms with Crippen LogP contribution in [-0.2, 0) is 6.42 Å². The molecule has 1 aliphatic heterocycles. The molecule has 1 unspecified atom stereocenters. The third-order valence-corrected chi connectivity index (χ3v) is 5.28. The van der Waals surface area contributed by atoms with Gasteiger partial charge >= 0.3 is 0 Å². The van der Waals surface area contributed by atoms with E-state index >= 15 is 0 Å². The Morgan fingerprint density at radius 1 is 1.28 bits per heavy atom. The largest absolute Gasteiger partial charge is 0.495 e. The molecule has 2 aromatic rings. The van der Waals surface area contributed by atoms with Crippen molar-refractivity contribution in [2.24, 2.45) is 10.9 Å². The van der Waals surface area contributed by atoms with Crippen molar-refractivity contribution in [1.82, 2.24) is 15.6 Å². The van der Waals surface area contributed by atoms with Crippen LogP contribution in [0.3, 0.4) is 0 Å². The van der Waals surface area contributed by atoms with Gasteiger partial charge in [0.2, 0.25) is 0 Å². The van der Waals surface area contributed by atoms with Crippen LogP contribution in [0, 0.1) is 5.92 Å². The fourth-order valence-electron chi connectivity index (χ4n) is 3.53. The number of pyridine rings is 1. The first-order chi connectivity index (χ1) is 14.2. The number of nitrogens with one attached hydrogen (secondary N) is 2. The molecule has 29 heavy (non-hydrogen) atoms. The standard InChI is InChI=1S/C22H30ClN5O/c1-3-24-22(25-12-10-17-8-9-21(23)26-14-17)27-15-18-11-13-28(16-18)19-6-4-5-7-20(19)29-2/h4-9,14,18H,3,10-13,15-16H2,1-2H3,(H2,24,25,27). The Morgan fingerprint density at radius 2 is 2.14 bits per heavy atom. The Bertz CT molecular complexity index is 796. The van der Waals surface area contributed by atoms with Gasteiger partial charge in [0.15, 0.2) is 5.96 Å². The average Bonchev–Trinajstić information content (AvgIpc) is 3.22. The highest BCUT2D eigenvalue weighted by molar-refractivity contribution is 6.29. The van der Waals surface area contributed by atoms with E-state index in [1.165, 1.54) is 5.69 Å². The number of halogens is 1. The van der Waals surface area contributed by atoms with Crippen LogP contribution < -0.4 is 20.3 Å². The van der Waals surface area contributed by atoms with Crippen molar-refractivity contribution in [2.45, 2.75) is 19.8 Å². The first kappa shape index (κ1) is 21.2. The number of para-hydroxylation sites is 2. The molecule has 1 aliphatic rings. The molecule has 156 valence electrons. The third kappa shape index (κ3) is 6.26. The smallest absolute Gasteiger partial charge is 0.191 e. The van der Waals surface area contributed by atoms with Gasteiger partial charge in [-0.1, -0.05) is 29.8 Å². The van der Waals surface area contributed by atoms with Gasteiger partial charge in [0.1, 0.15) is 10.9 Å². The zero-order valence-electron chi connectivity index (χ0n) is 17.2. The molecule has 0 saturated carbocycles. The van der Waals surface area contributed by atoms with Crippen molar-refractivity contribution in [2.75, 3.05) is 44.7 Å². The molecular weight excluding hydrogens is 386 g/mol. The molecule has 1 fully saturated rings. The maximum absolute atomic E-state index is 5.84. The molecule has 3 rings (SSSR count). The van der Waals surface area contributed by atoms with Gasteiger partial charge in [-0.15, -0.1) is 0 Å². The normalized spacial score (nSPS) is 16.7. The number of guanidine groups is 1. The maximum Gasteiger partial charge on any atom is 0.191 e. The Labute approximate surface area is 178 Å². The number of aromatic nitrogens is 1. The SMILES string of the molecule is CCNC(=NCC1CCN(c2ccccc2OC)C1)NCCc1ccc(Cl)nc1. The van der Waals surface area contributed by atoms with Crippen LogP contribution in [0.1, 0.15) is 18.9 Å². The van der Waals surface area contributed by atoms with Gasteiger partial charge in [-0.3, -0.25) is 4.99 Å². The van der Waals surface area contributed by atoms with Crippen LogP contribution >= 0.6 is 11.6 Å². The highest BCUT2D eigenvalue weighted by Crippen LogP contribution is 2.31. The quantitative estimate of drug-likeness (QED) is 0.393. The van der Waals surface area contributed by atoms with E-state index in [0.29, 0.717) is 11.1 Å². The van der Waals surface area contributed by atoms with Crippen LogP contribution in [0.5, 0.6) is 5.75 Å². The zero-order chi connectivity index (χ0) is 20.5. The van der Waals surface area contributed by atoms with Gasteiger partial charge in [0, 0.05) is 38.9 Å². The number of ether oxygens (including phenoxy) is 1. The summed E-state index contributed by atoms with van der Waals surface area (Å²) in [6.45, 7) is 6.57. The lowest BCUT2D eigenvalue weighted by Crippen LogP contribution is -2.38. The fourth-order valence-corrected chi connectivity index (χ4v) is 3.64. The zero-order valence-corrected chi connectivity index (χ0v) is 18.0. The highest BCUT2D eigenvalue weighted by atomic mass is 35.5. The molecule has 1 saturated heterocycles. The predicted molar refractivity (Wildman–Crippen MR) is 120 cm³/mol. The maximum atomic E-state index is 5.84. The minimum atomic E-state index is 0.523. The minimum Gasteiger partial charge on any atom is -0.495 e. The highest BCUT2D eigenvalue weighted by Gasteiger charge is 2.24. The lowest BCUT2D eigenvalue weighted by atomic mass is 10.1. The molecule has 0 spiro atoms. The Morgan fingerprint density at radius 3 is 2.90 bits per heavy atom. The molecule has 6 nitrogen and oxygen atoms in total. The van der Waals surface area contributed by atoms with Crippen molar-refractivity contribution < 1.29 is 4.74 Å². The number of methoxy groups -OCH3 is 1. The molecule has 0 aliphatic carbocycles. The number of aliphatic imine (C=N–C) groups is 1. The van der Waals surface area contributed by atoms with Gasteiger partial charge in [-0.05, 0) is 49.4 Å².